The summed E-state index contributed by atoms with van der Waals surface area (Å²) in [6.07, 6.45) is 6.22. The number of pyridine rings is 1. The van der Waals surface area contributed by atoms with Crippen molar-refractivity contribution < 1.29 is 13.5 Å². The van der Waals surface area contributed by atoms with E-state index in [4.69, 9.17) is 9.15 Å². The third-order valence-electron chi connectivity index (χ3n) is 5.42. The van der Waals surface area contributed by atoms with Crippen molar-refractivity contribution in [3.05, 3.63) is 83.8 Å². The van der Waals surface area contributed by atoms with Gasteiger partial charge in [0.1, 0.15) is 11.6 Å². The van der Waals surface area contributed by atoms with Gasteiger partial charge in [0.05, 0.1) is 24.8 Å². The van der Waals surface area contributed by atoms with Crippen molar-refractivity contribution in [1.29, 1.82) is 0 Å². The molecule has 0 aliphatic carbocycles. The van der Waals surface area contributed by atoms with Gasteiger partial charge in [-0.25, -0.2) is 14.4 Å². The third-order valence-corrected chi connectivity index (χ3v) is 5.42. The largest absolute Gasteiger partial charge is 0.496 e. The molecule has 0 unspecified atom stereocenters. The first-order valence-corrected chi connectivity index (χ1v) is 10.1. The van der Waals surface area contributed by atoms with E-state index in [2.05, 4.69) is 19.9 Å². The fraction of sp³-hybridized carbons (Fsp3) is 0.208. The molecule has 0 spiro atoms. The zero-order valence-corrected chi connectivity index (χ0v) is 17.1. The van der Waals surface area contributed by atoms with Crippen LogP contribution in [0.4, 0.5) is 4.39 Å². The second-order valence-electron chi connectivity index (χ2n) is 7.50. The summed E-state index contributed by atoms with van der Waals surface area (Å²) in [7, 11) is 1.57. The van der Waals surface area contributed by atoms with Crippen molar-refractivity contribution >= 4 is 0 Å². The minimum atomic E-state index is -0.314. The van der Waals surface area contributed by atoms with Crippen LogP contribution in [0.2, 0.25) is 0 Å². The van der Waals surface area contributed by atoms with E-state index in [1.54, 1.807) is 19.4 Å². The van der Waals surface area contributed by atoms with Gasteiger partial charge in [0.15, 0.2) is 11.6 Å². The summed E-state index contributed by atoms with van der Waals surface area (Å²) in [5.41, 5.74) is 4.63. The summed E-state index contributed by atoms with van der Waals surface area (Å²) in [6, 6.07) is 12.1. The van der Waals surface area contributed by atoms with Crippen LogP contribution in [-0.2, 0) is 19.5 Å². The Balaban J connectivity index is 1.29. The number of furan rings is 1. The topological polar surface area (TPSA) is 64.3 Å². The second kappa shape index (κ2) is 8.28. The third kappa shape index (κ3) is 4.04. The standard InChI is InChI=1S/C24H21FN4O2/c1-30-22-7-5-18(25)11-19(22)21-6-4-16(12-26-21)14-29-9-8-20-17(15-29)13-27-24(28-20)23-3-2-10-31-23/h2-7,10-13H,8-9,14-15H2,1H3. The Hall–Kier alpha value is -3.58. The van der Waals surface area contributed by atoms with Crippen molar-refractivity contribution in [3.8, 4) is 28.6 Å². The predicted molar refractivity (Wildman–Crippen MR) is 114 cm³/mol. The van der Waals surface area contributed by atoms with Gasteiger partial charge in [0.25, 0.3) is 0 Å². The Kier molecular flexibility index (Phi) is 5.18. The highest BCUT2D eigenvalue weighted by atomic mass is 19.1. The van der Waals surface area contributed by atoms with E-state index < -0.39 is 0 Å². The molecular formula is C24H21FN4O2. The normalized spacial score (nSPS) is 13.7. The minimum absolute atomic E-state index is 0.314. The van der Waals surface area contributed by atoms with Gasteiger partial charge in [-0.2, -0.15) is 0 Å². The summed E-state index contributed by atoms with van der Waals surface area (Å²) < 4.78 is 24.4. The highest BCUT2D eigenvalue weighted by Crippen LogP contribution is 2.29. The van der Waals surface area contributed by atoms with Crippen LogP contribution in [0, 0.1) is 5.82 Å². The number of ether oxygens (including phenoxy) is 1. The summed E-state index contributed by atoms with van der Waals surface area (Å²) in [4.78, 5) is 16.0. The van der Waals surface area contributed by atoms with Crippen molar-refractivity contribution in [1.82, 2.24) is 19.9 Å². The van der Waals surface area contributed by atoms with E-state index in [0.29, 0.717) is 28.6 Å². The molecule has 1 aromatic carbocycles. The number of fused-ring (bicyclic) bond motifs is 1. The molecule has 0 amide bonds. The Labute approximate surface area is 179 Å². The SMILES string of the molecule is COc1ccc(F)cc1-c1ccc(CN2CCc3nc(-c4ccco4)ncc3C2)cn1. The first-order chi connectivity index (χ1) is 15.2. The fourth-order valence-corrected chi connectivity index (χ4v) is 3.85. The Morgan fingerprint density at radius 1 is 1.13 bits per heavy atom. The van der Waals surface area contributed by atoms with Gasteiger partial charge in [0, 0.05) is 49.6 Å². The van der Waals surface area contributed by atoms with Crippen molar-refractivity contribution in [3.63, 3.8) is 0 Å². The average Bonchev–Trinajstić information content (AvgIpc) is 3.34. The van der Waals surface area contributed by atoms with E-state index in [9.17, 15) is 4.39 Å². The predicted octanol–water partition coefficient (Wildman–Crippen LogP) is 4.50. The minimum Gasteiger partial charge on any atom is -0.496 e. The molecule has 0 N–H and O–H groups in total. The summed E-state index contributed by atoms with van der Waals surface area (Å²) in [5, 5.41) is 0. The lowest BCUT2D eigenvalue weighted by Gasteiger charge is -2.27. The number of rotatable bonds is 5. The van der Waals surface area contributed by atoms with E-state index >= 15 is 0 Å². The Morgan fingerprint density at radius 3 is 2.84 bits per heavy atom. The molecule has 6 nitrogen and oxygen atoms in total. The van der Waals surface area contributed by atoms with E-state index in [1.807, 2.05) is 36.7 Å². The lowest BCUT2D eigenvalue weighted by molar-refractivity contribution is 0.242. The number of hydrogen-bond acceptors (Lipinski definition) is 6. The summed E-state index contributed by atoms with van der Waals surface area (Å²) in [6.45, 7) is 2.46. The lowest BCUT2D eigenvalue weighted by atomic mass is 10.1. The van der Waals surface area contributed by atoms with Gasteiger partial charge in [-0.1, -0.05) is 6.07 Å². The monoisotopic (exact) mass is 416 g/mol. The van der Waals surface area contributed by atoms with Gasteiger partial charge in [-0.15, -0.1) is 0 Å². The maximum absolute atomic E-state index is 13.7. The number of benzene rings is 1. The molecular weight excluding hydrogens is 395 g/mol. The van der Waals surface area contributed by atoms with E-state index in [-0.39, 0.29) is 5.82 Å². The van der Waals surface area contributed by atoms with Crippen LogP contribution in [-0.4, -0.2) is 33.5 Å². The molecule has 0 saturated heterocycles. The number of nitrogens with zero attached hydrogens (tertiary/aromatic N) is 4. The molecule has 156 valence electrons. The van der Waals surface area contributed by atoms with Gasteiger partial charge in [-0.05, 0) is 42.0 Å². The zero-order valence-electron chi connectivity index (χ0n) is 17.1. The first-order valence-electron chi connectivity index (χ1n) is 10.1. The second-order valence-corrected chi connectivity index (χ2v) is 7.50. The van der Waals surface area contributed by atoms with Crippen LogP contribution < -0.4 is 4.74 Å². The maximum atomic E-state index is 13.7. The highest BCUT2D eigenvalue weighted by Gasteiger charge is 2.20. The molecule has 4 heterocycles. The molecule has 31 heavy (non-hydrogen) atoms. The highest BCUT2D eigenvalue weighted by molar-refractivity contribution is 5.67. The number of aromatic nitrogens is 3. The smallest absolute Gasteiger partial charge is 0.195 e. The molecule has 7 heteroatoms. The van der Waals surface area contributed by atoms with E-state index in [0.717, 1.165) is 42.9 Å². The fourth-order valence-electron chi connectivity index (χ4n) is 3.85. The van der Waals surface area contributed by atoms with Crippen molar-refractivity contribution in [2.75, 3.05) is 13.7 Å². The molecule has 0 bridgehead atoms. The van der Waals surface area contributed by atoms with Crippen molar-refractivity contribution in [2.45, 2.75) is 19.5 Å². The molecule has 0 radical (unpaired) electrons. The Bertz CT molecular complexity index is 1190. The van der Waals surface area contributed by atoms with Crippen LogP contribution in [0.5, 0.6) is 5.75 Å². The number of methoxy groups -OCH3 is 1. The van der Waals surface area contributed by atoms with Gasteiger partial charge in [-0.3, -0.25) is 9.88 Å². The average molecular weight is 416 g/mol. The van der Waals surface area contributed by atoms with E-state index in [1.165, 1.54) is 12.1 Å². The molecule has 4 aromatic rings. The number of halogens is 1. The molecule has 1 aliphatic heterocycles. The van der Waals surface area contributed by atoms with Gasteiger partial charge < -0.3 is 9.15 Å². The summed E-state index contributed by atoms with van der Waals surface area (Å²) in [5.74, 6) is 1.60. The molecule has 0 fully saturated rings. The van der Waals surface area contributed by atoms with Crippen LogP contribution in [0.15, 0.2) is 65.5 Å². The van der Waals surface area contributed by atoms with Crippen molar-refractivity contribution in [2.24, 2.45) is 0 Å². The quantitative estimate of drug-likeness (QED) is 0.477. The van der Waals surface area contributed by atoms with Gasteiger partial charge in [0.2, 0.25) is 0 Å². The maximum Gasteiger partial charge on any atom is 0.195 e. The molecule has 5 rings (SSSR count). The van der Waals surface area contributed by atoms with Crippen LogP contribution in [0.3, 0.4) is 0 Å². The van der Waals surface area contributed by atoms with Crippen LogP contribution in [0.1, 0.15) is 16.8 Å². The zero-order chi connectivity index (χ0) is 21.2. The first kappa shape index (κ1) is 19.4. The van der Waals surface area contributed by atoms with Gasteiger partial charge >= 0.3 is 0 Å². The molecule has 3 aromatic heterocycles. The molecule has 1 aliphatic rings. The van der Waals surface area contributed by atoms with Crippen LogP contribution in [0.25, 0.3) is 22.8 Å². The number of hydrogen-bond donors (Lipinski definition) is 0. The Morgan fingerprint density at radius 2 is 2.06 bits per heavy atom. The molecule has 0 atom stereocenters. The summed E-state index contributed by atoms with van der Waals surface area (Å²) >= 11 is 0. The lowest BCUT2D eigenvalue weighted by Crippen LogP contribution is -2.31. The van der Waals surface area contributed by atoms with Crippen LogP contribution >= 0.6 is 0 Å². The molecule has 0 saturated carbocycles.